The third kappa shape index (κ3) is 3.96. The molecule has 168 valence electrons. The smallest absolute Gasteiger partial charge is 0.226 e. The zero-order valence-corrected chi connectivity index (χ0v) is 19.3. The Labute approximate surface area is 192 Å². The van der Waals surface area contributed by atoms with Crippen molar-refractivity contribution in [3.05, 3.63) is 45.8 Å². The van der Waals surface area contributed by atoms with Gasteiger partial charge in [0, 0.05) is 36.3 Å². The summed E-state index contributed by atoms with van der Waals surface area (Å²) in [5.41, 5.74) is 7.16. The number of nitrogen functional groups attached to an aromatic ring is 1. The second-order valence-electron chi connectivity index (χ2n) is 8.72. The molecular formula is C23H29N7OS. The van der Waals surface area contributed by atoms with Crippen LogP contribution in [-0.4, -0.2) is 46.5 Å². The normalized spacial score (nSPS) is 23.8. The lowest BCUT2D eigenvalue weighted by atomic mass is 9.71. The minimum atomic E-state index is -0.750. The number of anilines is 2. The van der Waals surface area contributed by atoms with Gasteiger partial charge in [-0.3, -0.25) is 5.41 Å². The van der Waals surface area contributed by atoms with Crippen LogP contribution < -0.4 is 16.0 Å². The Hall–Kier alpha value is -2.96. The molecule has 9 heteroatoms. The molecule has 2 atom stereocenters. The number of aryl methyl sites for hydroxylation is 1. The summed E-state index contributed by atoms with van der Waals surface area (Å²) in [6.45, 7) is 6.73. The van der Waals surface area contributed by atoms with Crippen LogP contribution in [0.25, 0.3) is 0 Å². The van der Waals surface area contributed by atoms with Crippen LogP contribution in [0, 0.1) is 16.7 Å². The Morgan fingerprint density at radius 2 is 2.31 bits per heavy atom. The van der Waals surface area contributed by atoms with Gasteiger partial charge in [-0.15, -0.1) is 11.3 Å². The van der Waals surface area contributed by atoms with Crippen LogP contribution >= 0.6 is 11.3 Å². The Balaban J connectivity index is 1.65. The maximum absolute atomic E-state index is 11.2. The number of aromatic nitrogens is 2. The fourth-order valence-corrected chi connectivity index (χ4v) is 5.86. The third-order valence-corrected chi connectivity index (χ3v) is 7.58. The molecule has 3 heterocycles. The summed E-state index contributed by atoms with van der Waals surface area (Å²) < 4.78 is 0. The Morgan fingerprint density at radius 3 is 3.09 bits per heavy atom. The van der Waals surface area contributed by atoms with Gasteiger partial charge in [-0.2, -0.15) is 5.26 Å². The highest BCUT2D eigenvalue weighted by Gasteiger charge is 2.40. The summed E-state index contributed by atoms with van der Waals surface area (Å²) >= 11 is 1.43. The fourth-order valence-electron chi connectivity index (χ4n) is 4.67. The molecule has 0 radical (unpaired) electrons. The molecule has 2 aliphatic rings. The van der Waals surface area contributed by atoms with Gasteiger partial charge in [0.15, 0.2) is 0 Å². The predicted molar refractivity (Wildman–Crippen MR) is 128 cm³/mol. The average Bonchev–Trinajstić information content (AvgIpc) is 2.96. The van der Waals surface area contributed by atoms with E-state index in [1.807, 2.05) is 6.92 Å². The van der Waals surface area contributed by atoms with Gasteiger partial charge in [-0.05, 0) is 57.7 Å². The van der Waals surface area contributed by atoms with Gasteiger partial charge in [0.2, 0.25) is 5.95 Å². The van der Waals surface area contributed by atoms with Gasteiger partial charge in [0.25, 0.3) is 0 Å². The molecule has 0 aromatic carbocycles. The van der Waals surface area contributed by atoms with Crippen molar-refractivity contribution in [3.8, 4) is 6.07 Å². The van der Waals surface area contributed by atoms with E-state index in [9.17, 15) is 10.4 Å². The third-order valence-electron chi connectivity index (χ3n) is 6.50. The topological polar surface area (TPSA) is 135 Å². The van der Waals surface area contributed by atoms with Gasteiger partial charge >= 0.3 is 0 Å². The fraction of sp³-hybridized carbons (Fsp3) is 0.478. The van der Waals surface area contributed by atoms with Crippen molar-refractivity contribution in [1.82, 2.24) is 15.3 Å². The molecule has 0 unspecified atom stereocenters. The number of nitriles is 1. The Morgan fingerprint density at radius 1 is 1.50 bits per heavy atom. The van der Waals surface area contributed by atoms with Crippen molar-refractivity contribution < 1.29 is 5.11 Å². The second-order valence-corrected chi connectivity index (χ2v) is 9.86. The molecule has 0 spiro atoms. The summed E-state index contributed by atoms with van der Waals surface area (Å²) in [6.07, 6.45) is 6.55. The summed E-state index contributed by atoms with van der Waals surface area (Å²) in [5, 5.41) is 33.3. The van der Waals surface area contributed by atoms with E-state index in [1.54, 1.807) is 12.3 Å². The van der Waals surface area contributed by atoms with Gasteiger partial charge in [0.1, 0.15) is 16.8 Å². The zero-order chi connectivity index (χ0) is 22.9. The molecule has 32 heavy (non-hydrogen) atoms. The highest BCUT2D eigenvalue weighted by molar-refractivity contribution is 7.16. The lowest BCUT2D eigenvalue weighted by Gasteiger charge is -2.34. The Kier molecular flexibility index (Phi) is 6.17. The maximum atomic E-state index is 11.2. The number of rotatable bonds is 4. The van der Waals surface area contributed by atoms with E-state index < -0.39 is 5.41 Å². The maximum Gasteiger partial charge on any atom is 0.226 e. The molecule has 1 saturated heterocycles. The van der Waals surface area contributed by atoms with Crippen LogP contribution in [0.4, 0.5) is 10.9 Å². The number of aliphatic hydroxyl groups is 1. The highest BCUT2D eigenvalue weighted by atomic mass is 32.1. The second kappa shape index (κ2) is 8.88. The van der Waals surface area contributed by atoms with Crippen LogP contribution in [0.2, 0.25) is 0 Å². The van der Waals surface area contributed by atoms with Crippen molar-refractivity contribution in [2.45, 2.75) is 51.0 Å². The van der Waals surface area contributed by atoms with E-state index in [1.165, 1.54) is 17.4 Å². The van der Waals surface area contributed by atoms with Crippen LogP contribution in [0.1, 0.15) is 54.8 Å². The van der Waals surface area contributed by atoms with Crippen molar-refractivity contribution in [2.75, 3.05) is 30.3 Å². The van der Waals surface area contributed by atoms with Crippen molar-refractivity contribution in [1.29, 1.82) is 10.7 Å². The molecular weight excluding hydrogens is 422 g/mol. The van der Waals surface area contributed by atoms with E-state index >= 15 is 0 Å². The van der Waals surface area contributed by atoms with Crippen LogP contribution in [0.5, 0.6) is 0 Å². The van der Waals surface area contributed by atoms with Gasteiger partial charge < -0.3 is 21.1 Å². The predicted octanol–water partition coefficient (Wildman–Crippen LogP) is 3.28. The largest absolute Gasteiger partial charge is 0.511 e. The monoisotopic (exact) mass is 451 g/mol. The average molecular weight is 452 g/mol. The lowest BCUT2D eigenvalue weighted by molar-refractivity contribution is 0.284. The van der Waals surface area contributed by atoms with E-state index in [0.29, 0.717) is 28.6 Å². The van der Waals surface area contributed by atoms with Gasteiger partial charge in [-0.1, -0.05) is 0 Å². The van der Waals surface area contributed by atoms with Crippen molar-refractivity contribution >= 4 is 28.0 Å². The minimum absolute atomic E-state index is 0.0604. The first kappa shape index (κ1) is 22.2. The minimum Gasteiger partial charge on any atom is -0.511 e. The van der Waals surface area contributed by atoms with E-state index in [2.05, 4.69) is 33.2 Å². The molecule has 2 aromatic rings. The van der Waals surface area contributed by atoms with Crippen LogP contribution in [-0.2, 0) is 11.8 Å². The van der Waals surface area contributed by atoms with Gasteiger partial charge in [0.05, 0.1) is 22.4 Å². The summed E-state index contributed by atoms with van der Waals surface area (Å²) in [4.78, 5) is 12.3. The number of thiophene rings is 1. The number of hydrogen-bond acceptors (Lipinski definition) is 9. The molecule has 0 saturated carbocycles. The number of nitrogens with two attached hydrogens (primary N) is 1. The first-order valence-corrected chi connectivity index (χ1v) is 11.8. The lowest BCUT2D eigenvalue weighted by Crippen LogP contribution is -2.38. The van der Waals surface area contributed by atoms with Crippen molar-refractivity contribution in [2.24, 2.45) is 0 Å². The number of nitrogens with zero attached hydrogens (tertiary/aromatic N) is 4. The molecule has 0 bridgehead atoms. The number of allylic oxidation sites excluding steroid dienone is 2. The number of aliphatic hydroxyl groups excluding tert-OH is 1. The zero-order valence-electron chi connectivity index (χ0n) is 18.5. The van der Waals surface area contributed by atoms with E-state index in [-0.39, 0.29) is 17.5 Å². The first-order valence-electron chi connectivity index (χ1n) is 11.0. The van der Waals surface area contributed by atoms with Gasteiger partial charge in [-0.25, -0.2) is 9.97 Å². The molecule has 5 N–H and O–H groups in total. The quantitative estimate of drug-likeness (QED) is 0.414. The molecule has 4 rings (SSSR count). The van der Waals surface area contributed by atoms with Crippen molar-refractivity contribution in [3.63, 3.8) is 0 Å². The van der Waals surface area contributed by atoms with Crippen LogP contribution in [0.15, 0.2) is 24.1 Å². The molecule has 1 aliphatic carbocycles. The summed E-state index contributed by atoms with van der Waals surface area (Å²) in [5.74, 6) is 0.658. The molecule has 1 fully saturated rings. The first-order chi connectivity index (χ1) is 15.3. The summed E-state index contributed by atoms with van der Waals surface area (Å²) in [7, 11) is 0. The highest BCUT2D eigenvalue weighted by Crippen LogP contribution is 2.48. The van der Waals surface area contributed by atoms with Crippen LogP contribution in [0.3, 0.4) is 0 Å². The SMILES string of the molecule is C[C@H]1CNCCCN1c1nccc(C(=N)/C=C(\O)[C@@]2(C)CCCc3sc(N)c(C#N)c32)n1. The summed E-state index contributed by atoms with van der Waals surface area (Å²) in [6, 6.07) is 4.15. The van der Waals surface area contributed by atoms with E-state index in [0.717, 1.165) is 49.3 Å². The standard InChI is InChI=1S/C23H29N7OS/c1-14-13-27-8-4-10-30(14)22-28-9-6-17(29-22)16(25)11-19(31)23(2)7-3-5-18-20(23)15(12-24)21(26)32-18/h6,9,11,14,25,27,31H,3-5,7-8,10,13,26H2,1-2H3/b19-11-,25-16?/t14-,23+/m0/s1. The number of fused-ring (bicyclic) bond motifs is 1. The number of hydrogen-bond donors (Lipinski definition) is 4. The Bertz CT molecular complexity index is 1100. The molecule has 0 amide bonds. The molecule has 2 aromatic heterocycles. The molecule has 8 nitrogen and oxygen atoms in total. The molecule has 1 aliphatic heterocycles. The number of nitrogens with one attached hydrogen (secondary N) is 2. The van der Waals surface area contributed by atoms with E-state index in [4.69, 9.17) is 11.1 Å².